The zero-order valence-corrected chi connectivity index (χ0v) is 8.85. The topological polar surface area (TPSA) is 25.2 Å². The van der Waals surface area contributed by atoms with Crippen LogP contribution in [0.1, 0.15) is 12.5 Å². The summed E-state index contributed by atoms with van der Waals surface area (Å²) in [7, 11) is 0. The van der Waals surface area contributed by atoms with Crippen LogP contribution in [0.15, 0.2) is 42.6 Å². The molecule has 2 aromatic rings. The molecule has 0 bridgehead atoms. The summed E-state index contributed by atoms with van der Waals surface area (Å²) in [4.78, 5) is 0. The van der Waals surface area contributed by atoms with Crippen molar-refractivity contribution in [1.82, 2.24) is 4.57 Å². The van der Waals surface area contributed by atoms with Gasteiger partial charge in [-0.2, -0.15) is 0 Å². The van der Waals surface area contributed by atoms with Crippen molar-refractivity contribution >= 4 is 10.9 Å². The van der Waals surface area contributed by atoms with Gasteiger partial charge in [-0.3, -0.25) is 0 Å². The summed E-state index contributed by atoms with van der Waals surface area (Å²) in [5.41, 5.74) is 2.18. The number of aromatic nitrogens is 1. The molecule has 0 saturated heterocycles. The van der Waals surface area contributed by atoms with Crippen LogP contribution in [0.2, 0.25) is 0 Å². The number of benzene rings is 1. The van der Waals surface area contributed by atoms with Gasteiger partial charge in [0.1, 0.15) is 0 Å². The Morgan fingerprint density at radius 2 is 2.13 bits per heavy atom. The maximum atomic E-state index is 9.24. The van der Waals surface area contributed by atoms with Gasteiger partial charge in [-0.1, -0.05) is 30.4 Å². The van der Waals surface area contributed by atoms with Crippen molar-refractivity contribution in [2.45, 2.75) is 20.1 Å². The standard InChI is InChI=1S/C13H15NO/c1-2-3-8-14-9-11(10-15)12-6-4-5-7-13(12)14/h2-7,9,15H,8,10H2,1H3. The quantitative estimate of drug-likeness (QED) is 0.759. The average molecular weight is 201 g/mol. The molecule has 15 heavy (non-hydrogen) atoms. The van der Waals surface area contributed by atoms with Crippen LogP contribution in [-0.2, 0) is 13.2 Å². The fraction of sp³-hybridized carbons (Fsp3) is 0.231. The first-order valence-corrected chi connectivity index (χ1v) is 5.15. The lowest BCUT2D eigenvalue weighted by molar-refractivity contribution is 0.283. The van der Waals surface area contributed by atoms with Crippen molar-refractivity contribution < 1.29 is 5.11 Å². The molecular formula is C13H15NO. The van der Waals surface area contributed by atoms with E-state index in [0.29, 0.717) is 0 Å². The Morgan fingerprint density at radius 3 is 2.87 bits per heavy atom. The molecule has 2 rings (SSSR count). The van der Waals surface area contributed by atoms with Crippen molar-refractivity contribution in [1.29, 1.82) is 0 Å². The highest BCUT2D eigenvalue weighted by Gasteiger charge is 2.05. The van der Waals surface area contributed by atoms with E-state index >= 15 is 0 Å². The third kappa shape index (κ3) is 1.81. The van der Waals surface area contributed by atoms with Crippen molar-refractivity contribution in [3.8, 4) is 0 Å². The van der Waals surface area contributed by atoms with Gasteiger partial charge in [0.2, 0.25) is 0 Å². The van der Waals surface area contributed by atoms with Gasteiger partial charge < -0.3 is 9.67 Å². The second kappa shape index (κ2) is 4.32. The minimum atomic E-state index is 0.101. The number of hydrogen-bond donors (Lipinski definition) is 1. The zero-order valence-electron chi connectivity index (χ0n) is 8.85. The van der Waals surface area contributed by atoms with Crippen molar-refractivity contribution in [2.24, 2.45) is 0 Å². The maximum absolute atomic E-state index is 9.24. The monoisotopic (exact) mass is 201 g/mol. The summed E-state index contributed by atoms with van der Waals surface area (Å²) in [6.07, 6.45) is 6.16. The molecule has 0 atom stereocenters. The predicted octanol–water partition coefficient (Wildman–Crippen LogP) is 2.71. The predicted molar refractivity (Wildman–Crippen MR) is 62.7 cm³/mol. The average Bonchev–Trinajstić information content (AvgIpc) is 2.65. The van der Waals surface area contributed by atoms with Crippen molar-refractivity contribution in [3.63, 3.8) is 0 Å². The van der Waals surface area contributed by atoms with E-state index in [4.69, 9.17) is 0 Å². The van der Waals surface area contributed by atoms with Gasteiger partial charge in [0.15, 0.2) is 0 Å². The second-order valence-electron chi connectivity index (χ2n) is 3.55. The summed E-state index contributed by atoms with van der Waals surface area (Å²) in [5.74, 6) is 0. The Labute approximate surface area is 89.5 Å². The Hall–Kier alpha value is -1.54. The summed E-state index contributed by atoms with van der Waals surface area (Å²) in [6.45, 7) is 2.97. The van der Waals surface area contributed by atoms with Crippen LogP contribution >= 0.6 is 0 Å². The second-order valence-corrected chi connectivity index (χ2v) is 3.55. The number of nitrogens with zero attached hydrogens (tertiary/aromatic N) is 1. The van der Waals surface area contributed by atoms with Crippen molar-refractivity contribution in [2.75, 3.05) is 0 Å². The van der Waals surface area contributed by atoms with E-state index < -0.39 is 0 Å². The van der Waals surface area contributed by atoms with E-state index in [0.717, 1.165) is 17.5 Å². The molecule has 0 saturated carbocycles. The van der Waals surface area contributed by atoms with Crippen LogP contribution < -0.4 is 0 Å². The van der Waals surface area contributed by atoms with Gasteiger partial charge in [-0.15, -0.1) is 0 Å². The fourth-order valence-corrected chi connectivity index (χ4v) is 1.82. The minimum absolute atomic E-state index is 0.101. The molecule has 0 unspecified atom stereocenters. The van der Waals surface area contributed by atoms with E-state index in [1.54, 1.807) is 0 Å². The Kier molecular flexibility index (Phi) is 2.88. The molecule has 0 fully saturated rings. The summed E-state index contributed by atoms with van der Waals surface area (Å²) >= 11 is 0. The third-order valence-corrected chi connectivity index (χ3v) is 2.58. The molecule has 1 heterocycles. The Balaban J connectivity index is 2.54. The lowest BCUT2D eigenvalue weighted by atomic mass is 10.2. The molecule has 0 amide bonds. The maximum Gasteiger partial charge on any atom is 0.0702 e. The number of fused-ring (bicyclic) bond motifs is 1. The van der Waals surface area contributed by atoms with Gasteiger partial charge in [0.05, 0.1) is 6.61 Å². The Bertz CT molecular complexity index is 482. The number of aliphatic hydroxyl groups is 1. The lowest BCUT2D eigenvalue weighted by Gasteiger charge is -1.99. The number of hydrogen-bond acceptors (Lipinski definition) is 1. The molecule has 1 N–H and O–H groups in total. The van der Waals surface area contributed by atoms with Crippen LogP contribution in [-0.4, -0.2) is 9.67 Å². The minimum Gasteiger partial charge on any atom is -0.392 e. The highest BCUT2D eigenvalue weighted by atomic mass is 16.3. The van der Waals surface area contributed by atoms with Crippen LogP contribution in [0.25, 0.3) is 10.9 Å². The van der Waals surface area contributed by atoms with Gasteiger partial charge >= 0.3 is 0 Å². The first kappa shape index (κ1) is 9.99. The third-order valence-electron chi connectivity index (χ3n) is 2.58. The van der Waals surface area contributed by atoms with E-state index in [1.807, 2.05) is 37.4 Å². The summed E-state index contributed by atoms with van der Waals surface area (Å²) < 4.78 is 2.15. The lowest BCUT2D eigenvalue weighted by Crippen LogP contribution is -1.91. The molecule has 1 aromatic heterocycles. The van der Waals surface area contributed by atoms with Gasteiger partial charge in [0, 0.05) is 29.2 Å². The first-order chi connectivity index (χ1) is 7.36. The summed E-state index contributed by atoms with van der Waals surface area (Å²) in [6, 6.07) is 8.15. The molecule has 2 heteroatoms. The van der Waals surface area contributed by atoms with Gasteiger partial charge in [0.25, 0.3) is 0 Å². The van der Waals surface area contributed by atoms with Crippen LogP contribution in [0.3, 0.4) is 0 Å². The number of para-hydroxylation sites is 1. The number of aliphatic hydroxyl groups excluding tert-OH is 1. The fourth-order valence-electron chi connectivity index (χ4n) is 1.82. The molecule has 0 radical (unpaired) electrons. The molecule has 1 aromatic carbocycles. The number of allylic oxidation sites excluding steroid dienone is 2. The molecule has 0 spiro atoms. The van der Waals surface area contributed by atoms with E-state index in [-0.39, 0.29) is 6.61 Å². The largest absolute Gasteiger partial charge is 0.392 e. The van der Waals surface area contributed by atoms with E-state index in [1.165, 1.54) is 5.52 Å². The molecular weight excluding hydrogens is 186 g/mol. The smallest absolute Gasteiger partial charge is 0.0702 e. The Morgan fingerprint density at radius 1 is 1.33 bits per heavy atom. The van der Waals surface area contributed by atoms with Gasteiger partial charge in [-0.05, 0) is 13.0 Å². The SMILES string of the molecule is CC=CCn1cc(CO)c2ccccc21. The van der Waals surface area contributed by atoms with E-state index in [9.17, 15) is 5.11 Å². The highest BCUT2D eigenvalue weighted by molar-refractivity contribution is 5.83. The van der Waals surface area contributed by atoms with Crippen molar-refractivity contribution in [3.05, 3.63) is 48.2 Å². The number of rotatable bonds is 3. The highest BCUT2D eigenvalue weighted by Crippen LogP contribution is 2.21. The van der Waals surface area contributed by atoms with Crippen LogP contribution in [0.5, 0.6) is 0 Å². The molecule has 2 nitrogen and oxygen atoms in total. The normalized spacial score (nSPS) is 11.6. The first-order valence-electron chi connectivity index (χ1n) is 5.15. The van der Waals surface area contributed by atoms with Gasteiger partial charge in [-0.25, -0.2) is 0 Å². The van der Waals surface area contributed by atoms with E-state index in [2.05, 4.69) is 16.7 Å². The molecule has 78 valence electrons. The molecule has 0 aliphatic heterocycles. The molecule has 0 aliphatic carbocycles. The zero-order chi connectivity index (χ0) is 10.7. The molecule has 0 aliphatic rings. The van der Waals surface area contributed by atoms with Crippen LogP contribution in [0, 0.1) is 0 Å². The summed E-state index contributed by atoms with van der Waals surface area (Å²) in [5, 5.41) is 10.4. The van der Waals surface area contributed by atoms with Crippen LogP contribution in [0.4, 0.5) is 0 Å².